The highest BCUT2D eigenvalue weighted by Gasteiger charge is 2.09. The summed E-state index contributed by atoms with van der Waals surface area (Å²) in [6, 6.07) is 14.7. The summed E-state index contributed by atoms with van der Waals surface area (Å²) in [4.78, 5) is 24.2. The van der Waals surface area contributed by atoms with Gasteiger partial charge in [-0.15, -0.1) is 0 Å². The van der Waals surface area contributed by atoms with Gasteiger partial charge in [-0.3, -0.25) is 9.59 Å². The Balaban J connectivity index is 1.97. The van der Waals surface area contributed by atoms with Gasteiger partial charge in [0.2, 0.25) is 5.91 Å². The third kappa shape index (κ3) is 5.21. The lowest BCUT2D eigenvalue weighted by atomic mass is 10.1. The van der Waals surface area contributed by atoms with E-state index in [-0.39, 0.29) is 11.8 Å². The number of methoxy groups -OCH3 is 1. The molecule has 24 heavy (non-hydrogen) atoms. The molecule has 0 aliphatic carbocycles. The maximum absolute atomic E-state index is 12.2. The average Bonchev–Trinajstić information content (AvgIpc) is 2.57. The van der Waals surface area contributed by atoms with E-state index in [1.165, 1.54) is 0 Å². The van der Waals surface area contributed by atoms with Gasteiger partial charge in [-0.25, -0.2) is 0 Å². The molecule has 0 spiro atoms. The van der Waals surface area contributed by atoms with Crippen molar-refractivity contribution in [3.8, 4) is 0 Å². The van der Waals surface area contributed by atoms with Gasteiger partial charge in [0, 0.05) is 24.9 Å². The molecule has 2 aromatic rings. The van der Waals surface area contributed by atoms with Crippen molar-refractivity contribution in [3.63, 3.8) is 0 Å². The Kier molecular flexibility index (Phi) is 6.51. The van der Waals surface area contributed by atoms with Gasteiger partial charge < -0.3 is 15.4 Å². The predicted molar refractivity (Wildman–Crippen MR) is 94.2 cm³/mol. The molecule has 5 nitrogen and oxygen atoms in total. The van der Waals surface area contributed by atoms with Crippen molar-refractivity contribution in [2.24, 2.45) is 0 Å². The van der Waals surface area contributed by atoms with E-state index in [2.05, 4.69) is 10.6 Å². The quantitative estimate of drug-likeness (QED) is 0.769. The molecule has 2 aromatic carbocycles. The topological polar surface area (TPSA) is 67.4 Å². The molecule has 5 heteroatoms. The van der Waals surface area contributed by atoms with Crippen molar-refractivity contribution in [2.45, 2.75) is 13.3 Å². The normalized spacial score (nSPS) is 10.2. The van der Waals surface area contributed by atoms with Crippen molar-refractivity contribution in [2.75, 3.05) is 25.6 Å². The number of ether oxygens (including phenoxy) is 1. The number of benzene rings is 2. The van der Waals surface area contributed by atoms with Gasteiger partial charge in [-0.2, -0.15) is 0 Å². The van der Waals surface area contributed by atoms with Crippen LogP contribution in [0.4, 0.5) is 5.69 Å². The van der Waals surface area contributed by atoms with Gasteiger partial charge >= 0.3 is 0 Å². The summed E-state index contributed by atoms with van der Waals surface area (Å²) < 4.78 is 4.90. The van der Waals surface area contributed by atoms with Crippen molar-refractivity contribution in [1.82, 2.24) is 5.32 Å². The van der Waals surface area contributed by atoms with Crippen LogP contribution in [-0.4, -0.2) is 32.1 Å². The molecule has 0 bridgehead atoms. The highest BCUT2D eigenvalue weighted by atomic mass is 16.5. The fourth-order valence-electron chi connectivity index (χ4n) is 2.29. The maximum Gasteiger partial charge on any atom is 0.251 e. The third-order valence-electron chi connectivity index (χ3n) is 3.61. The molecule has 2 rings (SSSR count). The Bertz CT molecular complexity index is 713. The lowest BCUT2D eigenvalue weighted by Crippen LogP contribution is -2.27. The minimum absolute atomic E-state index is 0.110. The molecule has 0 unspecified atom stereocenters. The number of aryl methyl sites for hydroxylation is 1. The molecule has 0 saturated carbocycles. The van der Waals surface area contributed by atoms with Crippen LogP contribution in [-0.2, 0) is 16.0 Å². The summed E-state index contributed by atoms with van der Waals surface area (Å²) in [5, 5.41) is 5.59. The second-order valence-electron chi connectivity index (χ2n) is 5.48. The van der Waals surface area contributed by atoms with Gasteiger partial charge in [-0.05, 0) is 36.2 Å². The summed E-state index contributed by atoms with van der Waals surface area (Å²) >= 11 is 0. The lowest BCUT2D eigenvalue weighted by molar-refractivity contribution is -0.115. The van der Waals surface area contributed by atoms with Gasteiger partial charge in [0.05, 0.1) is 13.0 Å². The Hall–Kier alpha value is -2.66. The summed E-state index contributed by atoms with van der Waals surface area (Å²) in [6.45, 7) is 2.88. The molecule has 0 radical (unpaired) electrons. The molecule has 2 N–H and O–H groups in total. The highest BCUT2D eigenvalue weighted by Crippen LogP contribution is 2.13. The number of nitrogens with one attached hydrogen (secondary N) is 2. The van der Waals surface area contributed by atoms with Gasteiger partial charge in [-0.1, -0.05) is 30.3 Å². The zero-order valence-corrected chi connectivity index (χ0v) is 14.0. The molecular weight excluding hydrogens is 304 g/mol. The van der Waals surface area contributed by atoms with Crippen molar-refractivity contribution >= 4 is 17.5 Å². The van der Waals surface area contributed by atoms with E-state index in [1.54, 1.807) is 31.4 Å². The average molecular weight is 326 g/mol. The van der Waals surface area contributed by atoms with E-state index in [1.807, 2.05) is 31.2 Å². The number of anilines is 1. The number of hydrogen-bond acceptors (Lipinski definition) is 3. The molecule has 2 amide bonds. The molecular formula is C19H22N2O3. The predicted octanol–water partition coefficient (Wildman–Crippen LogP) is 2.55. The SMILES string of the molecule is COCCNC(=O)c1cccc(NC(=O)Cc2ccccc2C)c1. The van der Waals surface area contributed by atoms with Crippen LogP contribution < -0.4 is 10.6 Å². The van der Waals surface area contributed by atoms with Gasteiger partial charge in [0.25, 0.3) is 5.91 Å². The van der Waals surface area contributed by atoms with Crippen molar-refractivity contribution < 1.29 is 14.3 Å². The smallest absolute Gasteiger partial charge is 0.251 e. The zero-order chi connectivity index (χ0) is 17.4. The van der Waals surface area contributed by atoms with Crippen LogP contribution in [0.15, 0.2) is 48.5 Å². The molecule has 0 fully saturated rings. The standard InChI is InChI=1S/C19H22N2O3/c1-14-6-3-4-7-15(14)13-18(22)21-17-9-5-8-16(12-17)19(23)20-10-11-24-2/h3-9,12H,10-11,13H2,1-2H3,(H,20,23)(H,21,22). The molecule has 0 atom stereocenters. The highest BCUT2D eigenvalue weighted by molar-refractivity contribution is 5.97. The number of carbonyl (C=O) groups excluding carboxylic acids is 2. The zero-order valence-electron chi connectivity index (χ0n) is 14.0. The van der Waals surface area contributed by atoms with Crippen LogP contribution >= 0.6 is 0 Å². The summed E-state index contributed by atoms with van der Waals surface area (Å²) in [5.74, 6) is -0.303. The third-order valence-corrected chi connectivity index (χ3v) is 3.61. The lowest BCUT2D eigenvalue weighted by Gasteiger charge is -2.09. The summed E-state index contributed by atoms with van der Waals surface area (Å²) in [7, 11) is 1.58. The van der Waals surface area contributed by atoms with Gasteiger partial charge in [0.15, 0.2) is 0 Å². The molecule has 0 saturated heterocycles. The van der Waals surface area contributed by atoms with E-state index < -0.39 is 0 Å². The van der Waals surface area contributed by atoms with Crippen molar-refractivity contribution in [3.05, 3.63) is 65.2 Å². The van der Waals surface area contributed by atoms with E-state index in [9.17, 15) is 9.59 Å². The largest absolute Gasteiger partial charge is 0.383 e. The van der Waals surface area contributed by atoms with E-state index in [0.717, 1.165) is 11.1 Å². The monoisotopic (exact) mass is 326 g/mol. The number of carbonyl (C=O) groups is 2. The molecule has 0 heterocycles. The first-order chi connectivity index (χ1) is 11.6. The van der Waals surface area contributed by atoms with Crippen LogP contribution in [0.2, 0.25) is 0 Å². The number of amides is 2. The van der Waals surface area contributed by atoms with Crippen LogP contribution in [0, 0.1) is 6.92 Å². The molecule has 126 valence electrons. The van der Waals surface area contributed by atoms with E-state index in [4.69, 9.17) is 4.74 Å². The Morgan fingerprint density at radius 1 is 1.08 bits per heavy atom. The first kappa shape index (κ1) is 17.7. The van der Waals surface area contributed by atoms with Crippen LogP contribution in [0.25, 0.3) is 0 Å². The fraction of sp³-hybridized carbons (Fsp3) is 0.263. The number of rotatable bonds is 7. The first-order valence-electron chi connectivity index (χ1n) is 7.81. The molecule has 0 aliphatic heterocycles. The summed E-state index contributed by atoms with van der Waals surface area (Å²) in [6.07, 6.45) is 0.303. The van der Waals surface area contributed by atoms with Crippen molar-refractivity contribution in [1.29, 1.82) is 0 Å². The van der Waals surface area contributed by atoms with Crippen LogP contribution in [0.3, 0.4) is 0 Å². The Labute approximate surface area is 142 Å². The van der Waals surface area contributed by atoms with Gasteiger partial charge in [0.1, 0.15) is 0 Å². The first-order valence-corrected chi connectivity index (χ1v) is 7.81. The second kappa shape index (κ2) is 8.84. The second-order valence-corrected chi connectivity index (χ2v) is 5.48. The maximum atomic E-state index is 12.2. The fourth-order valence-corrected chi connectivity index (χ4v) is 2.29. The minimum atomic E-state index is -0.193. The van der Waals surface area contributed by atoms with Crippen LogP contribution in [0.5, 0.6) is 0 Å². The number of hydrogen-bond donors (Lipinski definition) is 2. The van der Waals surface area contributed by atoms with E-state index in [0.29, 0.717) is 30.8 Å². The Morgan fingerprint density at radius 3 is 2.62 bits per heavy atom. The molecule has 0 aromatic heterocycles. The summed E-state index contributed by atoms with van der Waals surface area (Å²) in [5.41, 5.74) is 3.18. The Morgan fingerprint density at radius 2 is 1.88 bits per heavy atom. The van der Waals surface area contributed by atoms with Crippen LogP contribution in [0.1, 0.15) is 21.5 Å². The minimum Gasteiger partial charge on any atom is -0.383 e. The molecule has 0 aliphatic rings. The van der Waals surface area contributed by atoms with E-state index >= 15 is 0 Å².